The number of urea groups is 1. The zero-order chi connectivity index (χ0) is 22.6. The van der Waals surface area contributed by atoms with Gasteiger partial charge in [-0.2, -0.15) is 0 Å². The number of rotatable bonds is 7. The third-order valence-corrected chi connectivity index (χ3v) is 5.21. The van der Waals surface area contributed by atoms with E-state index in [-0.39, 0.29) is 17.8 Å². The lowest BCUT2D eigenvalue weighted by atomic mass is 10.1. The highest BCUT2D eigenvalue weighted by molar-refractivity contribution is 5.74. The molecule has 2 aromatic carbocycles. The van der Waals surface area contributed by atoms with Crippen LogP contribution in [0.5, 0.6) is 11.5 Å². The van der Waals surface area contributed by atoms with Crippen LogP contribution >= 0.6 is 0 Å². The van der Waals surface area contributed by atoms with E-state index in [1.54, 1.807) is 38.4 Å². The molecule has 31 heavy (non-hydrogen) atoms. The summed E-state index contributed by atoms with van der Waals surface area (Å²) in [6.45, 7) is 7.32. The van der Waals surface area contributed by atoms with Crippen molar-refractivity contribution >= 4 is 11.7 Å². The number of unbranched alkanes of at least 4 members (excludes halogenated alkanes) is 1. The number of carbonyl (C=O) groups is 1. The number of nitrogens with one attached hydrogen (secondary N) is 1. The lowest BCUT2D eigenvalue weighted by Crippen LogP contribution is -2.36. The Morgan fingerprint density at radius 1 is 1.10 bits per heavy atom. The normalized spacial score (nSPS) is 13.7. The first-order chi connectivity index (χ1) is 14.9. The monoisotopic (exact) mass is 427 g/mol. The molecule has 0 spiro atoms. The molecule has 1 fully saturated rings. The van der Waals surface area contributed by atoms with Crippen molar-refractivity contribution in [3.8, 4) is 11.5 Å². The summed E-state index contributed by atoms with van der Waals surface area (Å²) >= 11 is 0. The molecule has 170 valence electrons. The second-order valence-electron chi connectivity index (χ2n) is 8.05. The van der Waals surface area contributed by atoms with E-state index in [0.29, 0.717) is 0 Å². The topological polar surface area (TPSA) is 65.0 Å². The Balaban J connectivity index is 0.000000221. The van der Waals surface area contributed by atoms with Gasteiger partial charge in [-0.25, -0.2) is 4.79 Å². The van der Waals surface area contributed by atoms with Crippen LogP contribution in [0.3, 0.4) is 0 Å². The fourth-order valence-electron chi connectivity index (χ4n) is 3.22. The number of ether oxygens (including phenoxy) is 1. The number of nitrogens with zero attached hydrogens (tertiary/aromatic N) is 2. The molecule has 0 bridgehead atoms. The lowest BCUT2D eigenvalue weighted by molar-refractivity contribution is 0.214. The van der Waals surface area contributed by atoms with Crippen LogP contribution in [0, 0.1) is 0 Å². The van der Waals surface area contributed by atoms with Gasteiger partial charge < -0.3 is 25.0 Å². The van der Waals surface area contributed by atoms with Crippen molar-refractivity contribution in [2.75, 3.05) is 38.7 Å². The molecule has 1 aliphatic heterocycles. The molecule has 1 atom stereocenters. The zero-order valence-corrected chi connectivity index (χ0v) is 19.3. The molecule has 1 heterocycles. The highest BCUT2D eigenvalue weighted by Gasteiger charge is 2.12. The second kappa shape index (κ2) is 12.7. The molecular weight excluding hydrogens is 390 g/mol. The van der Waals surface area contributed by atoms with Gasteiger partial charge in [0.25, 0.3) is 0 Å². The van der Waals surface area contributed by atoms with Gasteiger partial charge in [-0.1, -0.05) is 25.5 Å². The highest BCUT2D eigenvalue weighted by atomic mass is 16.5. The van der Waals surface area contributed by atoms with E-state index in [1.165, 1.54) is 42.9 Å². The van der Waals surface area contributed by atoms with E-state index in [0.717, 1.165) is 24.3 Å². The van der Waals surface area contributed by atoms with E-state index in [1.807, 2.05) is 6.92 Å². The maximum atomic E-state index is 11.4. The third kappa shape index (κ3) is 8.40. The molecule has 0 aliphatic carbocycles. The Labute approximate surface area is 186 Å². The summed E-state index contributed by atoms with van der Waals surface area (Å²) < 4.78 is 5.65. The summed E-state index contributed by atoms with van der Waals surface area (Å²) in [6, 6.07) is 15.1. The fourth-order valence-corrected chi connectivity index (χ4v) is 3.22. The van der Waals surface area contributed by atoms with E-state index < -0.39 is 0 Å². The van der Waals surface area contributed by atoms with Gasteiger partial charge in [0.2, 0.25) is 0 Å². The molecule has 2 amide bonds. The van der Waals surface area contributed by atoms with Crippen LogP contribution in [-0.4, -0.2) is 49.8 Å². The number of phenols is 1. The molecule has 1 unspecified atom stereocenters. The molecule has 3 rings (SSSR count). The van der Waals surface area contributed by atoms with E-state index >= 15 is 0 Å². The number of hydrogen-bond donors (Lipinski definition) is 2. The van der Waals surface area contributed by atoms with E-state index in [2.05, 4.69) is 41.4 Å². The smallest absolute Gasteiger partial charge is 0.317 e. The van der Waals surface area contributed by atoms with Crippen LogP contribution in [-0.2, 0) is 0 Å². The molecule has 0 aromatic heterocycles. The second-order valence-corrected chi connectivity index (χ2v) is 8.05. The van der Waals surface area contributed by atoms with Crippen molar-refractivity contribution in [1.82, 2.24) is 10.2 Å². The Morgan fingerprint density at radius 2 is 1.71 bits per heavy atom. The molecule has 1 aliphatic rings. The quantitative estimate of drug-likeness (QED) is 0.597. The number of phenolic OH excluding ortho intramolecular Hbond substituents is 1. The van der Waals surface area contributed by atoms with Gasteiger partial charge in [0.1, 0.15) is 11.5 Å². The summed E-state index contributed by atoms with van der Waals surface area (Å²) in [5, 5.41) is 11.9. The van der Waals surface area contributed by atoms with Crippen molar-refractivity contribution in [3.63, 3.8) is 0 Å². The number of hydrogen-bond acceptors (Lipinski definition) is 4. The Bertz CT molecular complexity index is 770. The predicted octanol–water partition coefficient (Wildman–Crippen LogP) is 5.19. The van der Waals surface area contributed by atoms with Crippen molar-refractivity contribution in [2.24, 2.45) is 0 Å². The van der Waals surface area contributed by atoms with Gasteiger partial charge in [-0.15, -0.1) is 0 Å². The predicted molar refractivity (Wildman–Crippen MR) is 127 cm³/mol. The van der Waals surface area contributed by atoms with Crippen LogP contribution in [0.25, 0.3) is 0 Å². The van der Waals surface area contributed by atoms with Crippen molar-refractivity contribution in [1.29, 1.82) is 0 Å². The van der Waals surface area contributed by atoms with Gasteiger partial charge in [0.05, 0.1) is 12.6 Å². The molecular formula is C25H37N3O3. The number of carbonyl (C=O) groups excluding carboxylic acids is 1. The van der Waals surface area contributed by atoms with Crippen molar-refractivity contribution in [2.45, 2.75) is 45.6 Å². The molecule has 2 N–H and O–H groups in total. The number of benzene rings is 2. The molecule has 0 radical (unpaired) electrons. The maximum absolute atomic E-state index is 11.4. The summed E-state index contributed by atoms with van der Waals surface area (Å²) in [5.41, 5.74) is 2.29. The number of amides is 2. The molecule has 2 aromatic rings. The average molecular weight is 428 g/mol. The first-order valence-electron chi connectivity index (χ1n) is 11.1. The summed E-state index contributed by atoms with van der Waals surface area (Å²) in [4.78, 5) is 15.3. The minimum atomic E-state index is -0.129. The van der Waals surface area contributed by atoms with Crippen LogP contribution in [0.4, 0.5) is 10.5 Å². The Morgan fingerprint density at radius 3 is 2.26 bits per heavy atom. The van der Waals surface area contributed by atoms with Crippen molar-refractivity contribution in [3.05, 3.63) is 54.1 Å². The fraction of sp³-hybridized carbons (Fsp3) is 0.480. The molecule has 6 nitrogen and oxygen atoms in total. The molecule has 1 saturated heterocycles. The van der Waals surface area contributed by atoms with Crippen LogP contribution in [0.2, 0.25) is 0 Å². The first kappa shape index (κ1) is 24.4. The van der Waals surface area contributed by atoms with Gasteiger partial charge in [0, 0.05) is 32.9 Å². The Kier molecular flexibility index (Phi) is 10.0. The van der Waals surface area contributed by atoms with E-state index in [9.17, 15) is 4.79 Å². The molecule has 6 heteroatoms. The van der Waals surface area contributed by atoms with Crippen LogP contribution < -0.4 is 15.0 Å². The van der Waals surface area contributed by atoms with Gasteiger partial charge in [0.15, 0.2) is 0 Å². The number of anilines is 1. The van der Waals surface area contributed by atoms with Crippen LogP contribution in [0.1, 0.15) is 51.1 Å². The minimum Gasteiger partial charge on any atom is -0.508 e. The molecule has 0 saturated carbocycles. The van der Waals surface area contributed by atoms with E-state index in [4.69, 9.17) is 9.84 Å². The van der Waals surface area contributed by atoms with Gasteiger partial charge in [-0.3, -0.25) is 0 Å². The highest BCUT2D eigenvalue weighted by Crippen LogP contribution is 2.23. The Hall–Kier alpha value is -2.89. The maximum Gasteiger partial charge on any atom is 0.317 e. The summed E-state index contributed by atoms with van der Waals surface area (Å²) in [6.07, 6.45) is 4.98. The lowest BCUT2D eigenvalue weighted by Gasteiger charge is -2.18. The minimum absolute atomic E-state index is 0.0690. The van der Waals surface area contributed by atoms with Gasteiger partial charge in [-0.05, 0) is 68.1 Å². The third-order valence-electron chi connectivity index (χ3n) is 5.21. The summed E-state index contributed by atoms with van der Waals surface area (Å²) in [7, 11) is 3.39. The SMILES string of the molecule is CC(NC(=O)N(C)C)c1ccc(O)cc1.CCCCOc1ccc(N2CCCC2)cc1. The largest absolute Gasteiger partial charge is 0.508 e. The van der Waals surface area contributed by atoms with Gasteiger partial charge >= 0.3 is 6.03 Å². The zero-order valence-electron chi connectivity index (χ0n) is 19.3. The average Bonchev–Trinajstić information content (AvgIpc) is 3.30. The number of aromatic hydroxyl groups is 1. The first-order valence-corrected chi connectivity index (χ1v) is 11.1. The standard InChI is InChI=1S/C14H21NO.C11H16N2O2/c1-2-3-12-16-14-8-6-13(7-9-14)15-10-4-5-11-15;1-8(12-11(15)13(2)3)9-4-6-10(14)7-5-9/h6-9H,2-5,10-12H2,1H3;4-8,14H,1-3H3,(H,12,15). The van der Waals surface area contributed by atoms with Crippen LogP contribution in [0.15, 0.2) is 48.5 Å². The summed E-state index contributed by atoms with van der Waals surface area (Å²) in [5.74, 6) is 1.22. The van der Waals surface area contributed by atoms with Crippen molar-refractivity contribution < 1.29 is 14.6 Å².